The monoisotopic (exact) mass is 387 g/mol. The Morgan fingerprint density at radius 3 is 2.61 bits per heavy atom. The van der Waals surface area contributed by atoms with Crippen LogP contribution in [0.5, 0.6) is 0 Å². The number of esters is 1. The van der Waals surface area contributed by atoms with E-state index in [-0.39, 0.29) is 30.6 Å². The summed E-state index contributed by atoms with van der Waals surface area (Å²) < 4.78 is 30.2. The molecular weight excluding hydrogens is 365 g/mol. The van der Waals surface area contributed by atoms with Crippen LogP contribution in [-0.4, -0.2) is 36.1 Å². The Morgan fingerprint density at radius 1 is 1.18 bits per heavy atom. The Labute approximate surface area is 162 Å². The van der Waals surface area contributed by atoms with Crippen molar-refractivity contribution < 1.29 is 28.2 Å². The van der Waals surface area contributed by atoms with E-state index in [0.717, 1.165) is 17.0 Å². The lowest BCUT2D eigenvalue weighted by atomic mass is 10.1. The third kappa shape index (κ3) is 4.60. The first-order valence-electron chi connectivity index (χ1n) is 9.02. The van der Waals surface area contributed by atoms with E-state index in [0.29, 0.717) is 25.1 Å². The molecule has 0 saturated heterocycles. The van der Waals surface area contributed by atoms with Gasteiger partial charge in [-0.2, -0.15) is 0 Å². The Bertz CT molecular complexity index is 898. The van der Waals surface area contributed by atoms with Crippen molar-refractivity contribution in [2.75, 3.05) is 19.8 Å². The zero-order valence-electron chi connectivity index (χ0n) is 15.9. The maximum absolute atomic E-state index is 13.0. The number of Topliss-reactive ketones (excluding diaryl/α,β-unsaturated/α-hetero) is 1. The molecule has 2 aromatic rings. The van der Waals surface area contributed by atoms with Crippen molar-refractivity contribution in [3.63, 3.8) is 0 Å². The first kappa shape index (κ1) is 19.7. The third-order valence-electron chi connectivity index (χ3n) is 4.60. The number of ether oxygens (including phenoxy) is 3. The number of hydrogen-bond acceptors (Lipinski definition) is 5. The Hall–Kier alpha value is -3.09. The first-order chi connectivity index (χ1) is 13.5. The van der Waals surface area contributed by atoms with Crippen molar-refractivity contribution in [3.05, 3.63) is 70.7 Å². The van der Waals surface area contributed by atoms with Crippen molar-refractivity contribution in [1.82, 2.24) is 4.57 Å². The summed E-state index contributed by atoms with van der Waals surface area (Å²) in [6.45, 7) is 4.70. The second kappa shape index (κ2) is 8.73. The maximum atomic E-state index is 13.0. The number of benzene rings is 1. The van der Waals surface area contributed by atoms with E-state index in [1.807, 2.05) is 18.4 Å². The van der Waals surface area contributed by atoms with Crippen molar-refractivity contribution in [2.45, 2.75) is 26.8 Å². The van der Waals surface area contributed by atoms with Crippen molar-refractivity contribution in [3.8, 4) is 0 Å². The number of aryl methyl sites for hydroxylation is 2. The lowest BCUT2D eigenvalue weighted by molar-refractivity contribution is -0.143. The van der Waals surface area contributed by atoms with E-state index in [2.05, 4.69) is 0 Å². The van der Waals surface area contributed by atoms with Crippen LogP contribution in [0.1, 0.15) is 27.3 Å². The fourth-order valence-electron chi connectivity index (χ4n) is 3.07. The molecule has 1 aliphatic rings. The minimum Gasteiger partial charge on any atom is -0.493 e. The highest BCUT2D eigenvalue weighted by Crippen LogP contribution is 2.18. The van der Waals surface area contributed by atoms with Crippen molar-refractivity contribution >= 4 is 11.8 Å². The van der Waals surface area contributed by atoms with E-state index < -0.39 is 5.97 Å². The van der Waals surface area contributed by atoms with Gasteiger partial charge in [-0.3, -0.25) is 4.79 Å². The molecule has 0 fully saturated rings. The highest BCUT2D eigenvalue weighted by atomic mass is 19.1. The van der Waals surface area contributed by atoms with E-state index in [9.17, 15) is 14.0 Å². The summed E-state index contributed by atoms with van der Waals surface area (Å²) >= 11 is 0. The van der Waals surface area contributed by atoms with Gasteiger partial charge in [0.05, 0.1) is 0 Å². The molecule has 7 heteroatoms. The van der Waals surface area contributed by atoms with Crippen LogP contribution in [-0.2, 0) is 32.0 Å². The van der Waals surface area contributed by atoms with Crippen LogP contribution >= 0.6 is 0 Å². The zero-order chi connectivity index (χ0) is 20.1. The summed E-state index contributed by atoms with van der Waals surface area (Å²) in [6.07, 6.45) is 1.91. The number of carbonyl (C=O) groups excluding carboxylic acids is 2. The van der Waals surface area contributed by atoms with Gasteiger partial charge in [0.1, 0.15) is 25.3 Å². The molecule has 2 heterocycles. The molecule has 28 heavy (non-hydrogen) atoms. The SMILES string of the molecule is Cc1cc(C(=O)COC(=O)C2=COCCO2)c(C)n1CCc1ccc(F)cc1. The quantitative estimate of drug-likeness (QED) is 0.540. The average molecular weight is 387 g/mol. The molecule has 0 atom stereocenters. The van der Waals surface area contributed by atoms with Gasteiger partial charge in [-0.05, 0) is 44.0 Å². The maximum Gasteiger partial charge on any atom is 0.377 e. The summed E-state index contributed by atoms with van der Waals surface area (Å²) in [5.74, 6) is -1.31. The number of hydrogen-bond donors (Lipinski definition) is 0. The number of aromatic nitrogens is 1. The molecule has 0 unspecified atom stereocenters. The van der Waals surface area contributed by atoms with Gasteiger partial charge in [0.25, 0.3) is 0 Å². The van der Waals surface area contributed by atoms with Gasteiger partial charge in [0.15, 0.2) is 6.61 Å². The zero-order valence-corrected chi connectivity index (χ0v) is 15.9. The summed E-state index contributed by atoms with van der Waals surface area (Å²) in [7, 11) is 0. The minimum atomic E-state index is -0.724. The average Bonchev–Trinajstić information content (AvgIpc) is 3.00. The van der Waals surface area contributed by atoms with Gasteiger partial charge in [-0.1, -0.05) is 12.1 Å². The molecule has 1 aromatic carbocycles. The van der Waals surface area contributed by atoms with Gasteiger partial charge in [0.2, 0.25) is 11.5 Å². The minimum absolute atomic E-state index is 0.0381. The van der Waals surface area contributed by atoms with Crippen LogP contribution < -0.4 is 0 Å². The molecule has 0 N–H and O–H groups in total. The van der Waals surface area contributed by atoms with Crippen LogP contribution in [0.4, 0.5) is 4.39 Å². The third-order valence-corrected chi connectivity index (χ3v) is 4.60. The molecule has 0 bridgehead atoms. The van der Waals surface area contributed by atoms with E-state index in [4.69, 9.17) is 14.2 Å². The Kier molecular flexibility index (Phi) is 6.13. The molecule has 0 amide bonds. The number of nitrogens with zero attached hydrogens (tertiary/aromatic N) is 1. The van der Waals surface area contributed by atoms with Crippen LogP contribution in [0, 0.1) is 19.7 Å². The second-order valence-electron chi connectivity index (χ2n) is 6.51. The summed E-state index contributed by atoms with van der Waals surface area (Å²) in [5.41, 5.74) is 3.26. The number of carbonyl (C=O) groups is 2. The van der Waals surface area contributed by atoms with Crippen LogP contribution in [0.2, 0.25) is 0 Å². The van der Waals surface area contributed by atoms with Gasteiger partial charge in [-0.15, -0.1) is 0 Å². The highest BCUT2D eigenvalue weighted by molar-refractivity contribution is 6.00. The molecule has 3 rings (SSSR count). The second-order valence-corrected chi connectivity index (χ2v) is 6.51. The highest BCUT2D eigenvalue weighted by Gasteiger charge is 2.21. The van der Waals surface area contributed by atoms with Gasteiger partial charge in [-0.25, -0.2) is 9.18 Å². The molecule has 1 aliphatic heterocycles. The molecule has 0 aliphatic carbocycles. The first-order valence-corrected chi connectivity index (χ1v) is 9.02. The van der Waals surface area contributed by atoms with Gasteiger partial charge < -0.3 is 18.8 Å². The Balaban J connectivity index is 1.61. The van der Waals surface area contributed by atoms with Crippen molar-refractivity contribution in [1.29, 1.82) is 0 Å². The molecule has 0 saturated carbocycles. The predicted octanol–water partition coefficient (Wildman–Crippen LogP) is 3.10. The number of halogens is 1. The molecule has 148 valence electrons. The normalized spacial score (nSPS) is 13.3. The van der Waals surface area contributed by atoms with E-state index in [1.165, 1.54) is 18.4 Å². The van der Waals surface area contributed by atoms with E-state index >= 15 is 0 Å². The van der Waals surface area contributed by atoms with Gasteiger partial charge in [0, 0.05) is 23.5 Å². The molecular formula is C21H22FNO5. The number of rotatable bonds is 7. The molecule has 6 nitrogen and oxygen atoms in total. The summed E-state index contributed by atoms with van der Waals surface area (Å²) in [5, 5.41) is 0. The standard InChI is InChI=1S/C21H22FNO5/c1-14-11-18(19(24)12-28-21(25)20-13-26-9-10-27-20)15(2)23(14)8-7-16-3-5-17(22)6-4-16/h3-6,11,13H,7-10,12H2,1-2H3. The smallest absolute Gasteiger partial charge is 0.377 e. The predicted molar refractivity (Wildman–Crippen MR) is 99.3 cm³/mol. The largest absolute Gasteiger partial charge is 0.493 e. The van der Waals surface area contributed by atoms with Crippen LogP contribution in [0.3, 0.4) is 0 Å². The fraction of sp³-hybridized carbons (Fsp3) is 0.333. The molecule has 0 radical (unpaired) electrons. The van der Waals surface area contributed by atoms with Crippen LogP contribution in [0.25, 0.3) is 0 Å². The summed E-state index contributed by atoms with van der Waals surface area (Å²) in [4.78, 5) is 24.4. The van der Waals surface area contributed by atoms with Gasteiger partial charge >= 0.3 is 5.97 Å². The molecule has 1 aromatic heterocycles. The Morgan fingerprint density at radius 2 is 1.93 bits per heavy atom. The van der Waals surface area contributed by atoms with Crippen LogP contribution in [0.15, 0.2) is 42.4 Å². The lowest BCUT2D eigenvalue weighted by Gasteiger charge is -2.14. The number of ketones is 1. The lowest BCUT2D eigenvalue weighted by Crippen LogP contribution is -2.20. The van der Waals surface area contributed by atoms with E-state index in [1.54, 1.807) is 18.2 Å². The fourth-order valence-corrected chi connectivity index (χ4v) is 3.07. The summed E-state index contributed by atoms with van der Waals surface area (Å²) in [6, 6.07) is 8.16. The molecule has 0 spiro atoms. The topological polar surface area (TPSA) is 66.8 Å². The van der Waals surface area contributed by atoms with Crippen molar-refractivity contribution in [2.24, 2.45) is 0 Å².